The topological polar surface area (TPSA) is 136 Å². The Morgan fingerprint density at radius 2 is 1.69 bits per heavy atom. The number of nitrogens with one attached hydrogen (secondary N) is 2. The van der Waals surface area contributed by atoms with Gasteiger partial charge in [0.1, 0.15) is 23.9 Å². The molecular formula is C39H56FN3O8. The van der Waals surface area contributed by atoms with E-state index in [9.17, 15) is 23.6 Å². The van der Waals surface area contributed by atoms with E-state index in [0.717, 1.165) is 38.5 Å². The monoisotopic (exact) mass is 713 g/mol. The maximum absolute atomic E-state index is 14.2. The van der Waals surface area contributed by atoms with Crippen LogP contribution in [-0.2, 0) is 23.8 Å². The summed E-state index contributed by atoms with van der Waals surface area (Å²) in [5, 5.41) is 6.45. The molecule has 0 spiro atoms. The number of alkyl carbamates (subject to hydrolysis) is 1. The lowest BCUT2D eigenvalue weighted by molar-refractivity contribution is -0.142. The Morgan fingerprint density at radius 3 is 2.37 bits per heavy atom. The van der Waals surface area contributed by atoms with Crippen LogP contribution in [0, 0.1) is 23.7 Å². The van der Waals surface area contributed by atoms with Crippen LogP contribution in [0.4, 0.5) is 14.9 Å². The van der Waals surface area contributed by atoms with Crippen molar-refractivity contribution in [3.05, 3.63) is 30.0 Å². The Labute approximate surface area is 300 Å². The highest BCUT2D eigenvalue weighted by Gasteiger charge is 2.47. The lowest BCUT2D eigenvalue weighted by Gasteiger charge is -2.37. The van der Waals surface area contributed by atoms with Gasteiger partial charge < -0.3 is 34.2 Å². The number of carbonyl (C=O) groups is 4. The van der Waals surface area contributed by atoms with Crippen molar-refractivity contribution in [1.82, 2.24) is 10.2 Å². The molecule has 1 saturated heterocycles. The van der Waals surface area contributed by atoms with Crippen LogP contribution in [-0.4, -0.2) is 80.0 Å². The van der Waals surface area contributed by atoms with Crippen LogP contribution in [0.5, 0.6) is 0 Å². The molecule has 2 saturated carbocycles. The molecule has 0 bridgehead atoms. The highest BCUT2D eigenvalue weighted by molar-refractivity contribution is 6.00. The van der Waals surface area contributed by atoms with Gasteiger partial charge in [-0.25, -0.2) is 14.0 Å². The van der Waals surface area contributed by atoms with Gasteiger partial charge in [-0.1, -0.05) is 32.1 Å². The van der Waals surface area contributed by atoms with Gasteiger partial charge >= 0.3 is 12.1 Å². The average Bonchev–Trinajstić information content (AvgIpc) is 3.75. The zero-order chi connectivity index (χ0) is 36.5. The minimum Gasteiger partial charge on any atom is -0.460 e. The Bertz CT molecular complexity index is 1490. The van der Waals surface area contributed by atoms with Gasteiger partial charge in [0.05, 0.1) is 12.6 Å². The Kier molecular flexibility index (Phi) is 13.4. The first-order valence-electron chi connectivity index (χ1n) is 18.8. The normalized spacial score (nSPS) is 23.5. The molecule has 12 heteroatoms. The fourth-order valence-electron chi connectivity index (χ4n) is 8.22. The Hall–Kier alpha value is -3.67. The van der Waals surface area contributed by atoms with E-state index in [1.54, 1.807) is 52.1 Å². The van der Waals surface area contributed by atoms with Crippen molar-refractivity contribution in [3.63, 3.8) is 0 Å². The third-order valence-electron chi connectivity index (χ3n) is 10.8. The van der Waals surface area contributed by atoms with Gasteiger partial charge in [0.25, 0.3) is 0 Å². The Balaban J connectivity index is 1.24. The number of likely N-dealkylation sites (tertiary alicyclic amines) is 1. The number of nitrogens with zero attached hydrogens (tertiary/aromatic N) is 1. The van der Waals surface area contributed by atoms with Crippen LogP contribution in [0.25, 0.3) is 11.0 Å². The number of halogens is 1. The summed E-state index contributed by atoms with van der Waals surface area (Å²) < 4.78 is 35.5. The number of fused-ring (bicyclic) bond motifs is 1. The maximum atomic E-state index is 14.2. The van der Waals surface area contributed by atoms with E-state index >= 15 is 0 Å². The second kappa shape index (κ2) is 17.7. The van der Waals surface area contributed by atoms with E-state index < -0.39 is 36.4 Å². The molecule has 3 amide bonds. The largest absolute Gasteiger partial charge is 0.460 e. The van der Waals surface area contributed by atoms with E-state index in [-0.39, 0.29) is 41.9 Å². The molecule has 51 heavy (non-hydrogen) atoms. The molecule has 2 aromatic rings. The van der Waals surface area contributed by atoms with Crippen LogP contribution in [0.3, 0.4) is 0 Å². The zero-order valence-electron chi connectivity index (χ0n) is 30.7. The van der Waals surface area contributed by atoms with Gasteiger partial charge in [-0.2, -0.15) is 0 Å². The summed E-state index contributed by atoms with van der Waals surface area (Å²) in [6.45, 7) is 5.99. The number of amides is 3. The van der Waals surface area contributed by atoms with Crippen molar-refractivity contribution in [2.75, 3.05) is 38.9 Å². The predicted molar refractivity (Wildman–Crippen MR) is 191 cm³/mol. The van der Waals surface area contributed by atoms with Crippen molar-refractivity contribution in [2.45, 2.75) is 116 Å². The molecule has 2 N–H and O–H groups in total. The Morgan fingerprint density at radius 1 is 0.961 bits per heavy atom. The number of methoxy groups -OCH3 is 1. The zero-order valence-corrected chi connectivity index (χ0v) is 30.7. The molecule has 1 aromatic heterocycles. The first kappa shape index (κ1) is 38.6. The van der Waals surface area contributed by atoms with Gasteiger partial charge in [-0.05, 0) is 108 Å². The number of ether oxygens (including phenoxy) is 3. The second-order valence-electron chi connectivity index (χ2n) is 15.5. The van der Waals surface area contributed by atoms with Crippen LogP contribution in [0.2, 0.25) is 0 Å². The molecule has 5 rings (SSSR count). The van der Waals surface area contributed by atoms with E-state index in [1.807, 2.05) is 4.90 Å². The molecular weight excluding hydrogens is 657 g/mol. The first-order chi connectivity index (χ1) is 24.5. The van der Waals surface area contributed by atoms with Crippen LogP contribution in [0.15, 0.2) is 28.7 Å². The van der Waals surface area contributed by atoms with Crippen LogP contribution >= 0.6 is 0 Å². The molecule has 1 aliphatic heterocycles. The summed E-state index contributed by atoms with van der Waals surface area (Å²) in [6.07, 6.45) is 9.56. The number of alkyl halides is 1. The highest BCUT2D eigenvalue weighted by atomic mass is 19.1. The van der Waals surface area contributed by atoms with E-state index in [2.05, 4.69) is 10.6 Å². The summed E-state index contributed by atoms with van der Waals surface area (Å²) in [6, 6.07) is 5.60. The van der Waals surface area contributed by atoms with E-state index in [4.69, 9.17) is 18.6 Å². The molecule has 2 aliphatic carbocycles. The number of unbranched alkanes of at least 4 members (excludes halogenated alkanes) is 1. The molecule has 0 unspecified atom stereocenters. The molecule has 11 nitrogen and oxygen atoms in total. The molecule has 3 fully saturated rings. The number of anilines is 1. The molecule has 0 radical (unpaired) electrons. The minimum absolute atomic E-state index is 0.0144. The number of hydrogen-bond donors (Lipinski definition) is 2. The fraction of sp³-hybridized carbons (Fsp3) is 0.692. The summed E-state index contributed by atoms with van der Waals surface area (Å²) >= 11 is 0. The van der Waals surface area contributed by atoms with Crippen molar-refractivity contribution in [1.29, 1.82) is 0 Å². The summed E-state index contributed by atoms with van der Waals surface area (Å²) in [7, 11) is 1.63. The lowest BCUT2D eigenvalue weighted by Crippen LogP contribution is -2.50. The number of carbonyl (C=O) groups excluding carboxylic acids is 4. The number of rotatable bonds is 13. The second-order valence-corrected chi connectivity index (χ2v) is 15.5. The number of hydrogen-bond acceptors (Lipinski definition) is 8. The fourth-order valence-corrected chi connectivity index (χ4v) is 8.22. The van der Waals surface area contributed by atoms with Crippen LogP contribution in [0.1, 0.15) is 108 Å². The number of benzene rings is 1. The van der Waals surface area contributed by atoms with Crippen LogP contribution < -0.4 is 10.6 Å². The molecule has 3 atom stereocenters. The SMILES string of the molecule is COCCCCOC(=O)c1cc2cc(NC(=O)[C@@H]3[C@H](C4CCCCC4)CCN3C(=O)C3CCC([C@@H](CF)NC(=O)OC(C)(C)C)CC3)ccc2o1. The summed E-state index contributed by atoms with van der Waals surface area (Å²) in [4.78, 5) is 55.1. The van der Waals surface area contributed by atoms with Crippen molar-refractivity contribution in [2.24, 2.45) is 23.7 Å². The summed E-state index contributed by atoms with van der Waals surface area (Å²) in [5.41, 5.74) is 0.382. The average molecular weight is 714 g/mol. The number of furan rings is 1. The van der Waals surface area contributed by atoms with E-state index in [0.29, 0.717) is 67.8 Å². The van der Waals surface area contributed by atoms with Crippen molar-refractivity contribution in [3.8, 4) is 0 Å². The third-order valence-corrected chi connectivity index (χ3v) is 10.8. The van der Waals surface area contributed by atoms with Gasteiger partial charge in [-0.3, -0.25) is 9.59 Å². The smallest absolute Gasteiger partial charge is 0.407 e. The third kappa shape index (κ3) is 10.2. The lowest BCUT2D eigenvalue weighted by atomic mass is 9.76. The predicted octanol–water partition coefficient (Wildman–Crippen LogP) is 7.42. The van der Waals surface area contributed by atoms with Gasteiger partial charge in [0.15, 0.2) is 0 Å². The highest BCUT2D eigenvalue weighted by Crippen LogP contribution is 2.41. The standard InChI is InChI=1S/C39H56FN3O8/c1-39(2,3)51-38(47)42-31(24-40)26-12-14-27(15-13-26)36(45)43-19-18-30(25-10-6-5-7-11-25)34(43)35(44)41-29-16-17-32-28(22-29)23-33(50-32)37(46)49-21-9-8-20-48-4/h16-17,22-23,25-27,30-31,34H,5-15,18-21,24H2,1-4H3,(H,41,44)(H,42,47)/t26?,27?,30-,31+,34-/m0/s1. The molecule has 2 heterocycles. The van der Waals surface area contributed by atoms with Gasteiger partial charge in [-0.15, -0.1) is 0 Å². The minimum atomic E-state index is -0.703. The quantitative estimate of drug-likeness (QED) is 0.162. The van der Waals surface area contributed by atoms with Crippen molar-refractivity contribution < 1.29 is 42.2 Å². The molecule has 1 aromatic carbocycles. The summed E-state index contributed by atoms with van der Waals surface area (Å²) in [5.74, 6) is -0.572. The molecule has 282 valence electrons. The van der Waals surface area contributed by atoms with Gasteiger partial charge in [0.2, 0.25) is 17.6 Å². The number of esters is 1. The first-order valence-corrected chi connectivity index (χ1v) is 18.8. The van der Waals surface area contributed by atoms with Crippen molar-refractivity contribution >= 4 is 40.5 Å². The van der Waals surface area contributed by atoms with E-state index in [1.165, 1.54) is 6.42 Å². The molecule has 3 aliphatic rings. The van der Waals surface area contributed by atoms with Gasteiger partial charge in [0, 0.05) is 37.3 Å². The maximum Gasteiger partial charge on any atom is 0.407 e.